The van der Waals surface area contributed by atoms with E-state index in [1.54, 1.807) is 13.3 Å². The molecule has 56 valence electrons. The molecule has 0 bridgehead atoms. The van der Waals surface area contributed by atoms with Gasteiger partial charge in [-0.25, -0.2) is 4.99 Å². The van der Waals surface area contributed by atoms with E-state index in [0.29, 0.717) is 12.4 Å². The van der Waals surface area contributed by atoms with Gasteiger partial charge in [-0.3, -0.25) is 4.99 Å². The first kappa shape index (κ1) is 9.04. The molecule has 0 aliphatic heterocycles. The number of allylic oxidation sites excluding steroid dienone is 1. The third-order valence-corrected chi connectivity index (χ3v) is 0.875. The molecule has 0 saturated carbocycles. The topological polar surface area (TPSA) is 50.7 Å². The van der Waals surface area contributed by atoms with Gasteiger partial charge < -0.3 is 5.73 Å². The lowest BCUT2D eigenvalue weighted by molar-refractivity contribution is 1.24. The van der Waals surface area contributed by atoms with E-state index in [1.807, 2.05) is 6.92 Å². The first-order chi connectivity index (χ1) is 4.70. The fourth-order valence-corrected chi connectivity index (χ4v) is 0.386. The third kappa shape index (κ3) is 3.97. The highest BCUT2D eigenvalue weighted by molar-refractivity contribution is 5.94. The van der Waals surface area contributed by atoms with Crippen LogP contribution in [0.15, 0.2) is 22.1 Å². The van der Waals surface area contributed by atoms with Crippen LogP contribution in [0.4, 0.5) is 0 Å². The molecule has 10 heavy (non-hydrogen) atoms. The third-order valence-electron chi connectivity index (χ3n) is 0.875. The average Bonchev–Trinajstić information content (AvgIpc) is 1.90. The summed E-state index contributed by atoms with van der Waals surface area (Å²) in [6.07, 6.45) is 1.65. The van der Waals surface area contributed by atoms with Crippen molar-refractivity contribution in [1.29, 1.82) is 0 Å². The summed E-state index contributed by atoms with van der Waals surface area (Å²) in [4.78, 5) is 7.79. The van der Waals surface area contributed by atoms with E-state index in [4.69, 9.17) is 5.73 Å². The molecule has 0 fully saturated rings. The monoisotopic (exact) mass is 139 g/mol. The van der Waals surface area contributed by atoms with Gasteiger partial charge in [-0.15, -0.1) is 0 Å². The number of amidine groups is 1. The fourth-order valence-electron chi connectivity index (χ4n) is 0.386. The average molecular weight is 139 g/mol. The summed E-state index contributed by atoms with van der Waals surface area (Å²) in [7, 11) is 1.66. The normalized spacial score (nSPS) is 12.5. The molecule has 3 heteroatoms. The Morgan fingerprint density at radius 2 is 2.30 bits per heavy atom. The predicted octanol–water partition coefficient (Wildman–Crippen LogP) is 0.620. The van der Waals surface area contributed by atoms with E-state index < -0.39 is 0 Å². The Bertz CT molecular complexity index is 168. The van der Waals surface area contributed by atoms with Gasteiger partial charge >= 0.3 is 0 Å². The molecule has 0 saturated heterocycles. The Morgan fingerprint density at radius 1 is 1.70 bits per heavy atom. The molecule has 0 aromatic heterocycles. The minimum Gasteiger partial charge on any atom is -0.324 e. The molecule has 0 rings (SSSR count). The van der Waals surface area contributed by atoms with E-state index >= 15 is 0 Å². The quantitative estimate of drug-likeness (QED) is 0.442. The summed E-state index contributed by atoms with van der Waals surface area (Å²) in [6, 6.07) is 0. The van der Waals surface area contributed by atoms with Crippen LogP contribution >= 0.6 is 0 Å². The van der Waals surface area contributed by atoms with Crippen molar-refractivity contribution in [2.75, 3.05) is 13.6 Å². The van der Waals surface area contributed by atoms with E-state index in [9.17, 15) is 0 Å². The van der Waals surface area contributed by atoms with Crippen LogP contribution in [0.1, 0.15) is 6.92 Å². The molecule has 0 aromatic carbocycles. The summed E-state index contributed by atoms with van der Waals surface area (Å²) in [5.74, 6) is 0.642. The fraction of sp³-hybridized carbons (Fsp3) is 0.429. The zero-order chi connectivity index (χ0) is 7.98. The number of aliphatic imine (C=N–C) groups is 2. The number of hydrogen-bond acceptors (Lipinski definition) is 2. The minimum atomic E-state index is 0.375. The number of hydrogen-bond donors (Lipinski definition) is 1. The van der Waals surface area contributed by atoms with Crippen molar-refractivity contribution in [1.82, 2.24) is 0 Å². The molecule has 0 radical (unpaired) electrons. The van der Waals surface area contributed by atoms with Crippen LogP contribution in [-0.4, -0.2) is 25.6 Å². The number of nitrogens with zero attached hydrogens (tertiary/aromatic N) is 2. The Labute approximate surface area is 61.4 Å². The summed E-state index contributed by atoms with van der Waals surface area (Å²) in [5.41, 5.74) is 6.19. The lowest BCUT2D eigenvalue weighted by Crippen LogP contribution is -2.11. The zero-order valence-electron chi connectivity index (χ0n) is 6.46. The largest absolute Gasteiger partial charge is 0.324 e. The van der Waals surface area contributed by atoms with E-state index in [1.165, 1.54) is 0 Å². The SMILES string of the molecule is C=C(C)C=NC(CN)=NC. The van der Waals surface area contributed by atoms with Crippen LogP contribution < -0.4 is 5.73 Å². The Balaban J connectivity index is 3.98. The van der Waals surface area contributed by atoms with Crippen LogP contribution in [0.2, 0.25) is 0 Å². The molecular weight excluding hydrogens is 126 g/mol. The van der Waals surface area contributed by atoms with E-state index in [-0.39, 0.29) is 0 Å². The maximum absolute atomic E-state index is 5.30. The lowest BCUT2D eigenvalue weighted by atomic mass is 10.4. The van der Waals surface area contributed by atoms with Crippen LogP contribution in [0.3, 0.4) is 0 Å². The van der Waals surface area contributed by atoms with Gasteiger partial charge in [0.25, 0.3) is 0 Å². The molecule has 3 nitrogen and oxygen atoms in total. The predicted molar refractivity (Wildman–Crippen MR) is 45.7 cm³/mol. The molecule has 0 aromatic rings. The van der Waals surface area contributed by atoms with E-state index in [2.05, 4.69) is 16.6 Å². The maximum Gasteiger partial charge on any atom is 0.136 e. The van der Waals surface area contributed by atoms with Gasteiger partial charge in [0, 0.05) is 13.3 Å². The highest BCUT2D eigenvalue weighted by Gasteiger charge is 1.86. The van der Waals surface area contributed by atoms with Gasteiger partial charge in [-0.05, 0) is 12.5 Å². The molecule has 0 aliphatic carbocycles. The van der Waals surface area contributed by atoms with Crippen molar-refractivity contribution in [2.24, 2.45) is 15.7 Å². The standard InChI is InChI=1S/C7H13N3/c1-6(2)5-10-7(4-8)9-3/h5H,1,4,8H2,2-3H3. The molecule has 0 atom stereocenters. The zero-order valence-corrected chi connectivity index (χ0v) is 6.46. The summed E-state index contributed by atoms with van der Waals surface area (Å²) in [5, 5.41) is 0. The Hall–Kier alpha value is -0.960. The first-order valence-electron chi connectivity index (χ1n) is 3.06. The molecule has 0 amide bonds. The van der Waals surface area contributed by atoms with Crippen molar-refractivity contribution in [3.8, 4) is 0 Å². The molecule has 0 unspecified atom stereocenters. The van der Waals surface area contributed by atoms with Gasteiger partial charge in [-0.1, -0.05) is 6.58 Å². The Morgan fingerprint density at radius 3 is 2.60 bits per heavy atom. The molecule has 0 heterocycles. The van der Waals surface area contributed by atoms with Crippen molar-refractivity contribution >= 4 is 12.1 Å². The summed E-state index contributed by atoms with van der Waals surface area (Å²) < 4.78 is 0. The van der Waals surface area contributed by atoms with Crippen molar-refractivity contribution in [2.45, 2.75) is 6.92 Å². The van der Waals surface area contributed by atoms with Gasteiger partial charge in [0.05, 0.1) is 6.54 Å². The Kier molecular flexibility index (Phi) is 4.41. The molecule has 2 N–H and O–H groups in total. The number of rotatable bonds is 2. The highest BCUT2D eigenvalue weighted by Crippen LogP contribution is 1.81. The smallest absolute Gasteiger partial charge is 0.136 e. The second-order valence-electron chi connectivity index (χ2n) is 1.95. The van der Waals surface area contributed by atoms with Gasteiger partial charge in [-0.2, -0.15) is 0 Å². The first-order valence-corrected chi connectivity index (χ1v) is 3.06. The molecular formula is C7H13N3. The van der Waals surface area contributed by atoms with Crippen molar-refractivity contribution in [3.05, 3.63) is 12.2 Å². The van der Waals surface area contributed by atoms with Crippen LogP contribution in [0, 0.1) is 0 Å². The molecule has 0 spiro atoms. The van der Waals surface area contributed by atoms with Gasteiger partial charge in [0.15, 0.2) is 0 Å². The van der Waals surface area contributed by atoms with Crippen molar-refractivity contribution < 1.29 is 0 Å². The van der Waals surface area contributed by atoms with Crippen LogP contribution in [-0.2, 0) is 0 Å². The number of nitrogens with two attached hydrogens (primary N) is 1. The second kappa shape index (κ2) is 4.88. The maximum atomic E-state index is 5.30. The molecule has 0 aliphatic rings. The minimum absolute atomic E-state index is 0.375. The van der Waals surface area contributed by atoms with Crippen LogP contribution in [0.25, 0.3) is 0 Å². The van der Waals surface area contributed by atoms with E-state index in [0.717, 1.165) is 5.57 Å². The van der Waals surface area contributed by atoms with Gasteiger partial charge in [0.2, 0.25) is 0 Å². The lowest BCUT2D eigenvalue weighted by Gasteiger charge is -1.91. The van der Waals surface area contributed by atoms with Gasteiger partial charge in [0.1, 0.15) is 5.84 Å². The highest BCUT2D eigenvalue weighted by atomic mass is 14.9. The van der Waals surface area contributed by atoms with Crippen LogP contribution in [0.5, 0.6) is 0 Å². The second-order valence-corrected chi connectivity index (χ2v) is 1.95. The summed E-state index contributed by atoms with van der Waals surface area (Å²) >= 11 is 0. The van der Waals surface area contributed by atoms with Crippen molar-refractivity contribution in [3.63, 3.8) is 0 Å². The summed E-state index contributed by atoms with van der Waals surface area (Å²) in [6.45, 7) is 5.89.